The molecule has 0 spiro atoms. The minimum Gasteiger partial charge on any atom is -0.473 e. The van der Waals surface area contributed by atoms with E-state index in [1.165, 1.54) is 0 Å². The number of furan rings is 1. The predicted octanol–water partition coefficient (Wildman–Crippen LogP) is 2.08. The van der Waals surface area contributed by atoms with E-state index in [2.05, 4.69) is 18.8 Å². The van der Waals surface area contributed by atoms with Crippen LogP contribution < -0.4 is 0 Å². The van der Waals surface area contributed by atoms with E-state index in [4.69, 9.17) is 9.15 Å². The van der Waals surface area contributed by atoms with Crippen LogP contribution >= 0.6 is 0 Å². The molecule has 0 aliphatic carbocycles. The molecule has 2 rings (SSSR count). The number of nitrogens with zero attached hydrogens (tertiary/aromatic N) is 1. The Morgan fingerprint density at radius 2 is 2.38 bits per heavy atom. The van der Waals surface area contributed by atoms with Crippen LogP contribution in [0.2, 0.25) is 0 Å². The molecular weight excluding hydrogens is 166 g/mol. The highest BCUT2D eigenvalue weighted by atomic mass is 16.5. The summed E-state index contributed by atoms with van der Waals surface area (Å²) in [5.74, 6) is 1.89. The molecular formula is C10H13NO2. The van der Waals surface area contributed by atoms with Gasteiger partial charge in [0.05, 0.1) is 12.3 Å². The monoisotopic (exact) mass is 179 g/mol. The number of hydrogen-bond acceptors (Lipinski definition) is 3. The van der Waals surface area contributed by atoms with Crippen LogP contribution in [0, 0.1) is 5.92 Å². The van der Waals surface area contributed by atoms with E-state index in [0.717, 1.165) is 5.76 Å². The van der Waals surface area contributed by atoms with Gasteiger partial charge in [0.25, 0.3) is 5.90 Å². The van der Waals surface area contributed by atoms with Crippen molar-refractivity contribution in [3.8, 4) is 0 Å². The zero-order chi connectivity index (χ0) is 9.26. The smallest absolute Gasteiger partial charge is 0.253 e. The highest BCUT2D eigenvalue weighted by molar-refractivity contribution is 5.92. The highest BCUT2D eigenvalue weighted by Crippen LogP contribution is 2.17. The van der Waals surface area contributed by atoms with Crippen LogP contribution in [-0.4, -0.2) is 18.5 Å². The molecule has 3 nitrogen and oxygen atoms in total. The van der Waals surface area contributed by atoms with Gasteiger partial charge in [-0.25, -0.2) is 4.99 Å². The van der Waals surface area contributed by atoms with Crippen molar-refractivity contribution in [2.24, 2.45) is 10.9 Å². The molecule has 2 heterocycles. The van der Waals surface area contributed by atoms with Crippen molar-refractivity contribution in [3.05, 3.63) is 24.2 Å². The molecule has 13 heavy (non-hydrogen) atoms. The molecule has 0 bridgehead atoms. The zero-order valence-electron chi connectivity index (χ0n) is 7.86. The largest absolute Gasteiger partial charge is 0.473 e. The number of aliphatic imine (C=N–C) groups is 1. The molecule has 0 saturated heterocycles. The van der Waals surface area contributed by atoms with Gasteiger partial charge in [0, 0.05) is 0 Å². The molecule has 0 saturated carbocycles. The fourth-order valence-corrected chi connectivity index (χ4v) is 1.27. The Hall–Kier alpha value is -1.25. The van der Waals surface area contributed by atoms with E-state index in [0.29, 0.717) is 18.4 Å². The van der Waals surface area contributed by atoms with Crippen molar-refractivity contribution < 1.29 is 9.15 Å². The lowest BCUT2D eigenvalue weighted by Gasteiger charge is -2.06. The van der Waals surface area contributed by atoms with Crippen molar-refractivity contribution >= 4 is 5.90 Å². The summed E-state index contributed by atoms with van der Waals surface area (Å²) in [5, 5.41) is 0. The van der Waals surface area contributed by atoms with Crippen molar-refractivity contribution in [3.63, 3.8) is 0 Å². The first-order chi connectivity index (χ1) is 6.27. The topological polar surface area (TPSA) is 34.7 Å². The first-order valence-electron chi connectivity index (χ1n) is 4.52. The predicted molar refractivity (Wildman–Crippen MR) is 49.8 cm³/mol. The average molecular weight is 179 g/mol. The second kappa shape index (κ2) is 3.24. The molecule has 1 aliphatic rings. The number of hydrogen-bond donors (Lipinski definition) is 0. The minimum absolute atomic E-state index is 0.278. The molecule has 1 unspecified atom stereocenters. The Morgan fingerprint density at radius 3 is 2.92 bits per heavy atom. The van der Waals surface area contributed by atoms with Crippen LogP contribution in [0.4, 0.5) is 0 Å². The van der Waals surface area contributed by atoms with Crippen LogP contribution in [0.15, 0.2) is 27.8 Å². The van der Waals surface area contributed by atoms with Gasteiger partial charge in [-0.1, -0.05) is 13.8 Å². The Morgan fingerprint density at radius 1 is 1.54 bits per heavy atom. The summed E-state index contributed by atoms with van der Waals surface area (Å²) in [7, 11) is 0. The minimum atomic E-state index is 0.278. The van der Waals surface area contributed by atoms with Gasteiger partial charge in [-0.3, -0.25) is 0 Å². The molecule has 0 aromatic carbocycles. The van der Waals surface area contributed by atoms with Gasteiger partial charge in [0.2, 0.25) is 0 Å². The zero-order valence-corrected chi connectivity index (χ0v) is 7.86. The third-order valence-electron chi connectivity index (χ3n) is 2.18. The summed E-state index contributed by atoms with van der Waals surface area (Å²) in [6, 6.07) is 3.98. The quantitative estimate of drug-likeness (QED) is 0.696. The molecule has 0 fully saturated rings. The second-order valence-electron chi connectivity index (χ2n) is 3.53. The van der Waals surface area contributed by atoms with E-state index in [1.54, 1.807) is 6.26 Å². The van der Waals surface area contributed by atoms with Gasteiger partial charge in [-0.2, -0.15) is 0 Å². The van der Waals surface area contributed by atoms with E-state index < -0.39 is 0 Å². The average Bonchev–Trinajstić information content (AvgIpc) is 2.75. The fraction of sp³-hybridized carbons (Fsp3) is 0.500. The lowest BCUT2D eigenvalue weighted by atomic mass is 10.1. The number of ether oxygens (including phenoxy) is 1. The molecule has 3 heteroatoms. The summed E-state index contributed by atoms with van der Waals surface area (Å²) < 4.78 is 10.6. The maximum absolute atomic E-state index is 5.43. The summed E-state index contributed by atoms with van der Waals surface area (Å²) in [5.41, 5.74) is 0. The first kappa shape index (κ1) is 8.35. The maximum Gasteiger partial charge on any atom is 0.253 e. The van der Waals surface area contributed by atoms with Crippen LogP contribution in [-0.2, 0) is 4.74 Å². The van der Waals surface area contributed by atoms with Gasteiger partial charge >= 0.3 is 0 Å². The van der Waals surface area contributed by atoms with E-state index >= 15 is 0 Å². The van der Waals surface area contributed by atoms with E-state index in [-0.39, 0.29) is 6.04 Å². The van der Waals surface area contributed by atoms with Gasteiger partial charge in [-0.05, 0) is 18.1 Å². The van der Waals surface area contributed by atoms with Crippen LogP contribution in [0.3, 0.4) is 0 Å². The second-order valence-corrected chi connectivity index (χ2v) is 3.53. The van der Waals surface area contributed by atoms with Crippen LogP contribution in [0.5, 0.6) is 0 Å². The molecule has 0 radical (unpaired) electrons. The van der Waals surface area contributed by atoms with Gasteiger partial charge in [0.1, 0.15) is 6.61 Å². The third-order valence-corrected chi connectivity index (χ3v) is 2.18. The molecule has 0 amide bonds. The summed E-state index contributed by atoms with van der Waals surface area (Å²) in [6.45, 7) is 4.96. The normalized spacial score (nSPS) is 21.8. The van der Waals surface area contributed by atoms with Gasteiger partial charge < -0.3 is 9.15 Å². The summed E-state index contributed by atoms with van der Waals surface area (Å²) in [4.78, 5) is 4.43. The molecule has 1 aliphatic heterocycles. The lowest BCUT2D eigenvalue weighted by molar-refractivity contribution is 0.287. The standard InChI is InChI=1S/C10H13NO2/c1-7(2)8-6-13-10(11-8)9-4-3-5-12-9/h3-5,7-8H,6H2,1-2H3. The van der Waals surface area contributed by atoms with Crippen LogP contribution in [0.25, 0.3) is 0 Å². The fourth-order valence-electron chi connectivity index (χ4n) is 1.27. The molecule has 1 atom stereocenters. The first-order valence-corrected chi connectivity index (χ1v) is 4.52. The van der Waals surface area contributed by atoms with E-state index in [1.807, 2.05) is 12.1 Å². The van der Waals surface area contributed by atoms with Gasteiger partial charge in [-0.15, -0.1) is 0 Å². The Bertz CT molecular complexity index is 301. The van der Waals surface area contributed by atoms with Crippen molar-refractivity contribution in [2.75, 3.05) is 6.61 Å². The third kappa shape index (κ3) is 1.59. The molecule has 70 valence electrons. The Labute approximate surface area is 77.4 Å². The number of rotatable bonds is 2. The SMILES string of the molecule is CC(C)C1COC(c2ccco2)=N1. The summed E-state index contributed by atoms with van der Waals surface area (Å²) >= 11 is 0. The van der Waals surface area contributed by atoms with Crippen molar-refractivity contribution in [1.29, 1.82) is 0 Å². The maximum atomic E-state index is 5.43. The Kier molecular flexibility index (Phi) is 2.08. The lowest BCUT2D eigenvalue weighted by Crippen LogP contribution is -2.13. The molecule has 0 N–H and O–H groups in total. The molecule has 1 aromatic heterocycles. The molecule has 1 aromatic rings. The van der Waals surface area contributed by atoms with Crippen molar-refractivity contribution in [1.82, 2.24) is 0 Å². The Balaban J connectivity index is 2.15. The van der Waals surface area contributed by atoms with Crippen molar-refractivity contribution in [2.45, 2.75) is 19.9 Å². The van der Waals surface area contributed by atoms with E-state index in [9.17, 15) is 0 Å². The van der Waals surface area contributed by atoms with Crippen LogP contribution in [0.1, 0.15) is 19.6 Å². The summed E-state index contributed by atoms with van der Waals surface area (Å²) in [6.07, 6.45) is 1.63. The van der Waals surface area contributed by atoms with Gasteiger partial charge in [0.15, 0.2) is 5.76 Å². The highest BCUT2D eigenvalue weighted by Gasteiger charge is 2.23.